The third-order valence-electron chi connectivity index (χ3n) is 5.36. The number of benzene rings is 2. The molecule has 2 aromatic carbocycles. The summed E-state index contributed by atoms with van der Waals surface area (Å²) in [6.07, 6.45) is 9.21. The number of para-hydroxylation sites is 1. The number of anilines is 1. The molecule has 0 radical (unpaired) electrons. The van der Waals surface area contributed by atoms with Gasteiger partial charge in [0.05, 0.1) is 35.1 Å². The minimum atomic E-state index is 0.977. The van der Waals surface area contributed by atoms with Crippen LogP contribution in [0.1, 0.15) is 61.6 Å². The number of fused-ring (bicyclic) bond motifs is 4. The van der Waals surface area contributed by atoms with Crippen molar-refractivity contribution in [2.75, 3.05) is 3.11 Å². The van der Waals surface area contributed by atoms with Crippen molar-refractivity contribution < 1.29 is 0 Å². The summed E-state index contributed by atoms with van der Waals surface area (Å²) in [6, 6.07) is 18.1. The molecule has 124 valence electrons. The zero-order valence-corrected chi connectivity index (χ0v) is 16.3. The van der Waals surface area contributed by atoms with Gasteiger partial charge in [0.15, 0.2) is 0 Å². The molecule has 0 bridgehead atoms. The van der Waals surface area contributed by atoms with Crippen LogP contribution in [0.3, 0.4) is 0 Å². The number of nitrogens with zero attached hydrogens (tertiary/aromatic N) is 1. The minimum Gasteiger partial charge on any atom is -0.310 e. The zero-order valence-electron chi connectivity index (χ0n) is 14.1. The van der Waals surface area contributed by atoms with Gasteiger partial charge in [-0.15, -0.1) is 0 Å². The molecule has 24 heavy (non-hydrogen) atoms. The van der Waals surface area contributed by atoms with E-state index in [9.17, 15) is 0 Å². The maximum absolute atomic E-state index is 2.49. The van der Waals surface area contributed by atoms with Crippen LogP contribution in [-0.2, 0) is 6.54 Å². The van der Waals surface area contributed by atoms with Gasteiger partial charge < -0.3 is 3.11 Å². The summed E-state index contributed by atoms with van der Waals surface area (Å²) < 4.78 is 2.39. The molecule has 2 aromatic rings. The van der Waals surface area contributed by atoms with Gasteiger partial charge >= 0.3 is 0 Å². The quantitative estimate of drug-likeness (QED) is 0.322. The fourth-order valence-electron chi connectivity index (χ4n) is 4.16. The fraction of sp³-hybridized carbons (Fsp3) is 0.364. The third-order valence-corrected chi connectivity index (χ3v) is 6.22. The van der Waals surface area contributed by atoms with E-state index in [4.69, 9.17) is 0 Å². The summed E-state index contributed by atoms with van der Waals surface area (Å²) in [5.74, 6) is 0. The third kappa shape index (κ3) is 3.13. The van der Waals surface area contributed by atoms with Crippen LogP contribution in [0.4, 0.5) is 5.69 Å². The molecule has 0 spiro atoms. The molecule has 1 aliphatic heterocycles. The van der Waals surface area contributed by atoms with E-state index in [-0.39, 0.29) is 0 Å². The first-order valence-electron chi connectivity index (χ1n) is 9.17. The van der Waals surface area contributed by atoms with Gasteiger partial charge in [0.1, 0.15) is 0 Å². The number of allylic oxidation sites excluding steroid dienone is 2. The smallest absolute Gasteiger partial charge is 0.0594 e. The lowest BCUT2D eigenvalue weighted by Crippen LogP contribution is -2.15. The molecule has 1 heterocycles. The number of hydrogen-bond acceptors (Lipinski definition) is 1. The summed E-state index contributed by atoms with van der Waals surface area (Å²) in [6.45, 7) is 0.977. The number of rotatable bonds is 0. The van der Waals surface area contributed by atoms with Crippen molar-refractivity contribution in [1.29, 1.82) is 0 Å². The normalized spacial score (nSPS) is 21.3. The highest BCUT2D eigenvalue weighted by molar-refractivity contribution is 14.1. The molecular formula is C22H24IN. The zero-order chi connectivity index (χ0) is 16.4. The van der Waals surface area contributed by atoms with E-state index >= 15 is 0 Å². The average molecular weight is 429 g/mol. The van der Waals surface area contributed by atoms with Gasteiger partial charge in [0.2, 0.25) is 0 Å². The van der Waals surface area contributed by atoms with Crippen molar-refractivity contribution >= 4 is 39.7 Å². The molecule has 0 aromatic heterocycles. The van der Waals surface area contributed by atoms with Crippen LogP contribution in [0.5, 0.6) is 0 Å². The first kappa shape index (κ1) is 16.2. The lowest BCUT2D eigenvalue weighted by atomic mass is 9.85. The summed E-state index contributed by atoms with van der Waals surface area (Å²) in [5, 5.41) is 0. The lowest BCUT2D eigenvalue weighted by Gasteiger charge is -2.28. The molecule has 0 saturated heterocycles. The molecule has 0 fully saturated rings. The molecule has 2 aliphatic rings. The van der Waals surface area contributed by atoms with Gasteiger partial charge in [-0.3, -0.25) is 0 Å². The van der Waals surface area contributed by atoms with Gasteiger partial charge in [-0.1, -0.05) is 61.7 Å². The highest BCUT2D eigenvalue weighted by Crippen LogP contribution is 2.43. The maximum atomic E-state index is 2.49. The fourth-order valence-corrected chi connectivity index (χ4v) is 4.95. The Balaban J connectivity index is 1.97. The van der Waals surface area contributed by atoms with E-state index in [0.717, 1.165) is 6.54 Å². The molecule has 4 rings (SSSR count). The van der Waals surface area contributed by atoms with Crippen molar-refractivity contribution in [3.8, 4) is 0 Å². The Morgan fingerprint density at radius 1 is 0.667 bits per heavy atom. The molecule has 2 heteroatoms. The van der Waals surface area contributed by atoms with E-state index in [1.807, 2.05) is 0 Å². The van der Waals surface area contributed by atoms with Crippen molar-refractivity contribution in [3.63, 3.8) is 0 Å². The van der Waals surface area contributed by atoms with Crippen molar-refractivity contribution in [3.05, 3.63) is 65.2 Å². The van der Waals surface area contributed by atoms with Crippen molar-refractivity contribution in [1.82, 2.24) is 0 Å². The monoisotopic (exact) mass is 429 g/mol. The highest BCUT2D eigenvalue weighted by Gasteiger charge is 2.22. The second-order valence-electron chi connectivity index (χ2n) is 6.92. The first-order valence-corrected chi connectivity index (χ1v) is 10.1. The van der Waals surface area contributed by atoms with Gasteiger partial charge in [-0.05, 0) is 54.0 Å². The number of halogens is 1. The Labute approximate surface area is 159 Å². The predicted molar refractivity (Wildman–Crippen MR) is 112 cm³/mol. The second-order valence-corrected chi connectivity index (χ2v) is 8.08. The molecule has 1 aliphatic carbocycles. The molecule has 0 N–H and O–H groups in total. The van der Waals surface area contributed by atoms with Gasteiger partial charge in [0.25, 0.3) is 0 Å². The second kappa shape index (κ2) is 7.30. The predicted octanol–water partition coefficient (Wildman–Crippen LogP) is 7.01. The molecule has 0 saturated carbocycles. The Kier molecular flexibility index (Phi) is 4.93. The Morgan fingerprint density at radius 3 is 2.04 bits per heavy atom. The number of hydrogen-bond donors (Lipinski definition) is 0. The van der Waals surface area contributed by atoms with E-state index in [1.165, 1.54) is 67.3 Å². The topological polar surface area (TPSA) is 3.24 Å². The van der Waals surface area contributed by atoms with Crippen LogP contribution in [0.15, 0.2) is 48.5 Å². The summed E-state index contributed by atoms with van der Waals surface area (Å²) >= 11 is 2.49. The van der Waals surface area contributed by atoms with Crippen LogP contribution in [0, 0.1) is 0 Å². The summed E-state index contributed by atoms with van der Waals surface area (Å²) in [4.78, 5) is 0. The van der Waals surface area contributed by atoms with Crippen LogP contribution < -0.4 is 3.11 Å². The SMILES string of the molecule is IN1Cc2ccccc2/C2=C(/CCCCCCC2)c2ccccc21. The highest BCUT2D eigenvalue weighted by atomic mass is 127. The lowest BCUT2D eigenvalue weighted by molar-refractivity contribution is 0.634. The molecule has 0 unspecified atom stereocenters. The van der Waals surface area contributed by atoms with Crippen LogP contribution in [0.2, 0.25) is 0 Å². The maximum Gasteiger partial charge on any atom is 0.0594 e. The minimum absolute atomic E-state index is 0.977. The Morgan fingerprint density at radius 2 is 1.25 bits per heavy atom. The van der Waals surface area contributed by atoms with Gasteiger partial charge in [-0.25, -0.2) is 0 Å². The van der Waals surface area contributed by atoms with E-state index < -0.39 is 0 Å². The molecule has 1 nitrogen and oxygen atoms in total. The van der Waals surface area contributed by atoms with Gasteiger partial charge in [-0.2, -0.15) is 0 Å². The van der Waals surface area contributed by atoms with Crippen LogP contribution in [0.25, 0.3) is 11.1 Å². The standard InChI is InChI=1S/C22H24IN/c23-24-16-17-10-6-7-11-18(17)19-12-4-2-1-3-5-13-20(19)21-14-8-9-15-22(21)24/h6-11,14-15H,1-5,12-13,16H2/b20-19-. The van der Waals surface area contributed by atoms with E-state index in [1.54, 1.807) is 11.1 Å². The largest absolute Gasteiger partial charge is 0.310 e. The average Bonchev–Trinajstić information content (AvgIpc) is 2.73. The first-order chi connectivity index (χ1) is 11.8. The summed E-state index contributed by atoms with van der Waals surface area (Å²) in [5.41, 5.74) is 9.00. The van der Waals surface area contributed by atoms with Crippen molar-refractivity contribution in [2.45, 2.75) is 51.5 Å². The Bertz CT molecular complexity index is 762. The summed E-state index contributed by atoms with van der Waals surface area (Å²) in [7, 11) is 0. The van der Waals surface area contributed by atoms with E-state index in [2.05, 4.69) is 74.5 Å². The Hall–Kier alpha value is -1.29. The molecule has 0 atom stereocenters. The van der Waals surface area contributed by atoms with Gasteiger partial charge in [0, 0.05) is 5.56 Å². The molecular weight excluding hydrogens is 405 g/mol. The molecule has 0 amide bonds. The van der Waals surface area contributed by atoms with Crippen LogP contribution >= 0.6 is 22.9 Å². The van der Waals surface area contributed by atoms with Crippen molar-refractivity contribution in [2.24, 2.45) is 0 Å². The van der Waals surface area contributed by atoms with E-state index in [0.29, 0.717) is 0 Å². The van der Waals surface area contributed by atoms with Crippen LogP contribution in [-0.4, -0.2) is 0 Å².